The summed E-state index contributed by atoms with van der Waals surface area (Å²) in [5, 5.41) is 3.55. The number of aryl methyl sites for hydroxylation is 1. The molecule has 3 nitrogen and oxygen atoms in total. The summed E-state index contributed by atoms with van der Waals surface area (Å²) in [5.74, 6) is 0.478. The SMILES string of the molecule is CCN(C(=O)C1CC2CCC1N2)c1ccc(C)cc1. The molecule has 2 fully saturated rings. The first-order valence-electron chi connectivity index (χ1n) is 7.33. The zero-order valence-electron chi connectivity index (χ0n) is 11.7. The van der Waals surface area contributed by atoms with Crippen LogP contribution in [0.25, 0.3) is 0 Å². The first kappa shape index (κ1) is 12.7. The molecule has 2 saturated heterocycles. The molecule has 3 atom stereocenters. The van der Waals surface area contributed by atoms with Crippen molar-refractivity contribution in [2.75, 3.05) is 11.4 Å². The highest BCUT2D eigenvalue weighted by Crippen LogP contribution is 2.35. The molecule has 1 aromatic rings. The number of rotatable bonds is 3. The first-order chi connectivity index (χ1) is 9.19. The van der Waals surface area contributed by atoms with Crippen molar-refractivity contribution in [3.63, 3.8) is 0 Å². The van der Waals surface area contributed by atoms with E-state index in [9.17, 15) is 4.79 Å². The van der Waals surface area contributed by atoms with Crippen LogP contribution in [0.15, 0.2) is 24.3 Å². The van der Waals surface area contributed by atoms with Gasteiger partial charge in [-0.3, -0.25) is 4.79 Å². The van der Waals surface area contributed by atoms with Crippen molar-refractivity contribution < 1.29 is 4.79 Å². The Morgan fingerprint density at radius 3 is 2.58 bits per heavy atom. The van der Waals surface area contributed by atoms with Gasteiger partial charge in [-0.25, -0.2) is 0 Å². The average Bonchev–Trinajstić information content (AvgIpc) is 3.04. The zero-order valence-corrected chi connectivity index (χ0v) is 11.7. The van der Waals surface area contributed by atoms with Crippen molar-refractivity contribution in [2.45, 2.75) is 45.2 Å². The number of amides is 1. The Balaban J connectivity index is 1.78. The molecular weight excluding hydrogens is 236 g/mol. The van der Waals surface area contributed by atoms with Crippen molar-refractivity contribution in [2.24, 2.45) is 5.92 Å². The lowest BCUT2D eigenvalue weighted by molar-refractivity contribution is -0.122. The molecule has 102 valence electrons. The monoisotopic (exact) mass is 258 g/mol. The Bertz CT molecular complexity index is 468. The van der Waals surface area contributed by atoms with E-state index in [1.807, 2.05) is 4.90 Å². The van der Waals surface area contributed by atoms with E-state index in [4.69, 9.17) is 0 Å². The molecule has 2 heterocycles. The fraction of sp³-hybridized carbons (Fsp3) is 0.562. The van der Waals surface area contributed by atoms with Crippen LogP contribution in [0.4, 0.5) is 5.69 Å². The lowest BCUT2D eigenvalue weighted by Crippen LogP contribution is -2.41. The van der Waals surface area contributed by atoms with E-state index < -0.39 is 0 Å². The molecule has 1 aromatic carbocycles. The molecule has 3 heteroatoms. The van der Waals surface area contributed by atoms with Gasteiger partial charge < -0.3 is 10.2 Å². The molecule has 0 aromatic heterocycles. The van der Waals surface area contributed by atoms with Gasteiger partial charge in [-0.1, -0.05) is 17.7 Å². The molecule has 3 rings (SSSR count). The van der Waals surface area contributed by atoms with Gasteiger partial charge in [0, 0.05) is 24.3 Å². The summed E-state index contributed by atoms with van der Waals surface area (Å²) in [7, 11) is 0. The molecule has 2 aliphatic rings. The molecule has 0 saturated carbocycles. The number of fused-ring (bicyclic) bond motifs is 2. The first-order valence-corrected chi connectivity index (χ1v) is 7.33. The summed E-state index contributed by atoms with van der Waals surface area (Å²) >= 11 is 0. The lowest BCUT2D eigenvalue weighted by Gasteiger charge is -2.28. The van der Waals surface area contributed by atoms with Crippen LogP contribution in [0.3, 0.4) is 0 Å². The van der Waals surface area contributed by atoms with E-state index >= 15 is 0 Å². The highest BCUT2D eigenvalue weighted by molar-refractivity contribution is 5.95. The molecular formula is C16H22N2O. The summed E-state index contributed by atoms with van der Waals surface area (Å²) in [6.45, 7) is 4.87. The Hall–Kier alpha value is -1.35. The number of hydrogen-bond donors (Lipinski definition) is 1. The summed E-state index contributed by atoms with van der Waals surface area (Å²) in [4.78, 5) is 14.7. The van der Waals surface area contributed by atoms with Crippen LogP contribution in [0.1, 0.15) is 31.7 Å². The molecule has 1 N–H and O–H groups in total. The Morgan fingerprint density at radius 1 is 1.32 bits per heavy atom. The quantitative estimate of drug-likeness (QED) is 0.903. The second-order valence-electron chi connectivity index (χ2n) is 5.81. The van der Waals surface area contributed by atoms with Gasteiger partial charge in [0.1, 0.15) is 0 Å². The minimum atomic E-state index is 0.181. The van der Waals surface area contributed by atoms with Crippen LogP contribution < -0.4 is 10.2 Å². The van der Waals surface area contributed by atoms with Gasteiger partial charge in [0.25, 0.3) is 0 Å². The second kappa shape index (κ2) is 4.97. The van der Waals surface area contributed by atoms with Crippen LogP contribution in [0.5, 0.6) is 0 Å². The second-order valence-corrected chi connectivity index (χ2v) is 5.81. The van der Waals surface area contributed by atoms with Crippen molar-refractivity contribution in [1.29, 1.82) is 0 Å². The van der Waals surface area contributed by atoms with Crippen LogP contribution in [-0.2, 0) is 4.79 Å². The maximum atomic E-state index is 12.7. The third-order valence-corrected chi connectivity index (χ3v) is 4.55. The molecule has 1 amide bonds. The highest BCUT2D eigenvalue weighted by Gasteiger charge is 2.44. The smallest absolute Gasteiger partial charge is 0.231 e. The van der Waals surface area contributed by atoms with Crippen LogP contribution in [0, 0.1) is 12.8 Å². The van der Waals surface area contributed by atoms with Crippen molar-refractivity contribution in [1.82, 2.24) is 5.32 Å². The predicted molar refractivity (Wildman–Crippen MR) is 77.3 cm³/mol. The number of carbonyl (C=O) groups excluding carboxylic acids is 1. The largest absolute Gasteiger partial charge is 0.312 e. The number of anilines is 1. The molecule has 0 radical (unpaired) electrons. The van der Waals surface area contributed by atoms with E-state index in [0.717, 1.165) is 25.1 Å². The fourth-order valence-electron chi connectivity index (χ4n) is 3.49. The molecule has 2 bridgehead atoms. The Kier molecular flexibility index (Phi) is 3.31. The van der Waals surface area contributed by atoms with Crippen molar-refractivity contribution in [3.05, 3.63) is 29.8 Å². The lowest BCUT2D eigenvalue weighted by atomic mass is 9.88. The molecule has 0 spiro atoms. The van der Waals surface area contributed by atoms with Gasteiger partial charge >= 0.3 is 0 Å². The van der Waals surface area contributed by atoms with Crippen LogP contribution in [0.2, 0.25) is 0 Å². The summed E-state index contributed by atoms with van der Waals surface area (Å²) in [6.07, 6.45) is 3.42. The average molecular weight is 258 g/mol. The van der Waals surface area contributed by atoms with Crippen molar-refractivity contribution in [3.8, 4) is 0 Å². The third kappa shape index (κ3) is 2.27. The number of hydrogen-bond acceptors (Lipinski definition) is 2. The van der Waals surface area contributed by atoms with Crippen LogP contribution in [-0.4, -0.2) is 24.5 Å². The van der Waals surface area contributed by atoms with E-state index in [2.05, 4.69) is 43.4 Å². The van der Waals surface area contributed by atoms with E-state index in [-0.39, 0.29) is 5.92 Å². The van der Waals surface area contributed by atoms with Gasteiger partial charge in [0.15, 0.2) is 0 Å². The van der Waals surface area contributed by atoms with Crippen molar-refractivity contribution >= 4 is 11.6 Å². The number of nitrogens with one attached hydrogen (secondary N) is 1. The topological polar surface area (TPSA) is 32.3 Å². The van der Waals surface area contributed by atoms with Gasteiger partial charge in [-0.05, 0) is 45.2 Å². The highest BCUT2D eigenvalue weighted by atomic mass is 16.2. The Morgan fingerprint density at radius 2 is 2.05 bits per heavy atom. The fourth-order valence-corrected chi connectivity index (χ4v) is 3.49. The number of nitrogens with zero attached hydrogens (tertiary/aromatic N) is 1. The maximum Gasteiger partial charge on any atom is 0.231 e. The third-order valence-electron chi connectivity index (χ3n) is 4.55. The molecule has 0 aliphatic carbocycles. The predicted octanol–water partition coefficient (Wildman–Crippen LogP) is 2.49. The zero-order chi connectivity index (χ0) is 13.4. The standard InChI is InChI=1S/C16H22N2O/c1-3-18(13-7-4-11(2)5-8-13)16(19)14-10-12-6-9-15(14)17-12/h4-5,7-8,12,14-15,17H,3,6,9-10H2,1-2H3. The summed E-state index contributed by atoms with van der Waals surface area (Å²) in [5.41, 5.74) is 2.26. The van der Waals surface area contributed by atoms with E-state index in [0.29, 0.717) is 18.0 Å². The van der Waals surface area contributed by atoms with E-state index in [1.54, 1.807) is 0 Å². The minimum absolute atomic E-state index is 0.181. The Labute approximate surface area is 115 Å². The maximum absolute atomic E-state index is 12.7. The van der Waals surface area contributed by atoms with Gasteiger partial charge in [-0.2, -0.15) is 0 Å². The van der Waals surface area contributed by atoms with Gasteiger partial charge in [0.05, 0.1) is 5.92 Å². The molecule has 19 heavy (non-hydrogen) atoms. The minimum Gasteiger partial charge on any atom is -0.312 e. The number of carbonyl (C=O) groups is 1. The van der Waals surface area contributed by atoms with Crippen LogP contribution >= 0.6 is 0 Å². The summed E-state index contributed by atoms with van der Waals surface area (Å²) < 4.78 is 0. The van der Waals surface area contributed by atoms with Gasteiger partial charge in [0.2, 0.25) is 5.91 Å². The van der Waals surface area contributed by atoms with Gasteiger partial charge in [-0.15, -0.1) is 0 Å². The normalized spacial score (nSPS) is 28.6. The number of benzene rings is 1. The van der Waals surface area contributed by atoms with E-state index in [1.165, 1.54) is 12.0 Å². The molecule has 3 unspecified atom stereocenters. The summed E-state index contributed by atoms with van der Waals surface area (Å²) in [6, 6.07) is 9.25. The molecule has 2 aliphatic heterocycles.